The van der Waals surface area contributed by atoms with Crippen LogP contribution in [0.2, 0.25) is 0 Å². The molecule has 0 radical (unpaired) electrons. The third-order valence-corrected chi connectivity index (χ3v) is 4.05. The fourth-order valence-corrected chi connectivity index (χ4v) is 3.05. The molecule has 4 rings (SSSR count). The van der Waals surface area contributed by atoms with Crippen LogP contribution in [0.5, 0.6) is 5.75 Å². The van der Waals surface area contributed by atoms with Crippen LogP contribution in [0.4, 0.5) is 0 Å². The number of rotatable bonds is 2. The lowest BCUT2D eigenvalue weighted by Crippen LogP contribution is -2.22. The molecule has 1 unspecified atom stereocenters. The maximum Gasteiger partial charge on any atom is 0.160 e. The van der Waals surface area contributed by atoms with Gasteiger partial charge in [0.2, 0.25) is 0 Å². The number of ether oxygens (including phenoxy) is 1. The number of pyridine rings is 1. The third kappa shape index (κ3) is 2.23. The van der Waals surface area contributed by atoms with E-state index in [9.17, 15) is 5.11 Å². The normalized spacial score (nSPS) is 18.6. The van der Waals surface area contributed by atoms with Gasteiger partial charge in [-0.15, -0.1) is 0 Å². The van der Waals surface area contributed by atoms with Gasteiger partial charge in [0.05, 0.1) is 12.6 Å². The molecule has 2 aromatic heterocycles. The first-order valence-corrected chi connectivity index (χ1v) is 7.53. The largest absolute Gasteiger partial charge is 0.508 e. The Morgan fingerprint density at radius 2 is 2.18 bits per heavy atom. The second kappa shape index (κ2) is 5.42. The molecule has 0 spiro atoms. The second-order valence-electron chi connectivity index (χ2n) is 5.57. The van der Waals surface area contributed by atoms with Crippen LogP contribution in [0.1, 0.15) is 18.9 Å². The van der Waals surface area contributed by atoms with Crippen molar-refractivity contribution in [3.8, 4) is 17.1 Å². The monoisotopic (exact) mass is 295 g/mol. The van der Waals surface area contributed by atoms with Crippen molar-refractivity contribution >= 4 is 11.2 Å². The van der Waals surface area contributed by atoms with Crippen molar-refractivity contribution in [1.29, 1.82) is 0 Å². The Hall–Kier alpha value is -2.40. The molecule has 1 N–H and O–H groups in total. The van der Waals surface area contributed by atoms with Gasteiger partial charge in [-0.2, -0.15) is 0 Å². The molecule has 5 heteroatoms. The SMILES string of the molecule is Oc1cccc(-c2nc3cccnc3n2C2CCCOC2)c1. The van der Waals surface area contributed by atoms with Gasteiger partial charge in [-0.1, -0.05) is 12.1 Å². The van der Waals surface area contributed by atoms with E-state index < -0.39 is 0 Å². The lowest BCUT2D eigenvalue weighted by molar-refractivity contribution is 0.0608. The van der Waals surface area contributed by atoms with Gasteiger partial charge < -0.3 is 14.4 Å². The lowest BCUT2D eigenvalue weighted by atomic mass is 10.1. The Balaban J connectivity index is 1.93. The summed E-state index contributed by atoms with van der Waals surface area (Å²) >= 11 is 0. The predicted octanol–water partition coefficient (Wildman–Crippen LogP) is 3.16. The van der Waals surface area contributed by atoms with Gasteiger partial charge in [-0.25, -0.2) is 9.97 Å². The van der Waals surface area contributed by atoms with Crippen molar-refractivity contribution in [2.75, 3.05) is 13.2 Å². The number of hydrogen-bond donors (Lipinski definition) is 1. The highest BCUT2D eigenvalue weighted by molar-refractivity contribution is 5.77. The van der Waals surface area contributed by atoms with Crippen LogP contribution < -0.4 is 0 Å². The highest BCUT2D eigenvalue weighted by Gasteiger charge is 2.23. The van der Waals surface area contributed by atoms with E-state index >= 15 is 0 Å². The quantitative estimate of drug-likeness (QED) is 0.789. The van der Waals surface area contributed by atoms with Crippen LogP contribution in [0.25, 0.3) is 22.6 Å². The first kappa shape index (κ1) is 13.3. The fourth-order valence-electron chi connectivity index (χ4n) is 3.05. The maximum atomic E-state index is 9.77. The smallest absolute Gasteiger partial charge is 0.160 e. The fraction of sp³-hybridized carbons (Fsp3) is 0.294. The van der Waals surface area contributed by atoms with Crippen molar-refractivity contribution in [3.05, 3.63) is 42.6 Å². The number of aromatic nitrogens is 3. The molecule has 1 aliphatic rings. The summed E-state index contributed by atoms with van der Waals surface area (Å²) in [4.78, 5) is 9.24. The van der Waals surface area contributed by atoms with Gasteiger partial charge in [-0.3, -0.25) is 0 Å². The third-order valence-electron chi connectivity index (χ3n) is 4.05. The van der Waals surface area contributed by atoms with Crippen LogP contribution in [0, 0.1) is 0 Å². The van der Waals surface area contributed by atoms with Crippen LogP contribution in [-0.4, -0.2) is 32.9 Å². The van der Waals surface area contributed by atoms with Crippen molar-refractivity contribution in [2.45, 2.75) is 18.9 Å². The van der Waals surface area contributed by atoms with Crippen LogP contribution >= 0.6 is 0 Å². The van der Waals surface area contributed by atoms with Gasteiger partial charge in [-0.05, 0) is 37.1 Å². The van der Waals surface area contributed by atoms with Crippen molar-refractivity contribution < 1.29 is 9.84 Å². The van der Waals surface area contributed by atoms with Gasteiger partial charge in [0.1, 0.15) is 17.1 Å². The van der Waals surface area contributed by atoms with E-state index in [4.69, 9.17) is 9.72 Å². The molecular formula is C17H17N3O2. The molecule has 22 heavy (non-hydrogen) atoms. The van der Waals surface area contributed by atoms with E-state index in [0.29, 0.717) is 6.61 Å². The van der Waals surface area contributed by atoms with Crippen LogP contribution in [0.3, 0.4) is 0 Å². The Labute approximate surface area is 128 Å². The number of fused-ring (bicyclic) bond motifs is 1. The predicted molar refractivity (Wildman–Crippen MR) is 83.7 cm³/mol. The zero-order valence-corrected chi connectivity index (χ0v) is 12.1. The second-order valence-corrected chi connectivity index (χ2v) is 5.57. The van der Waals surface area contributed by atoms with Crippen molar-refractivity contribution in [3.63, 3.8) is 0 Å². The van der Waals surface area contributed by atoms with E-state index in [-0.39, 0.29) is 11.8 Å². The maximum absolute atomic E-state index is 9.77. The molecule has 0 bridgehead atoms. The van der Waals surface area contributed by atoms with Gasteiger partial charge >= 0.3 is 0 Å². The summed E-state index contributed by atoms with van der Waals surface area (Å²) in [5.41, 5.74) is 2.63. The van der Waals surface area contributed by atoms with Crippen LogP contribution in [-0.2, 0) is 4.74 Å². The summed E-state index contributed by atoms with van der Waals surface area (Å²) < 4.78 is 7.80. The minimum atomic E-state index is 0.228. The van der Waals surface area contributed by atoms with Gasteiger partial charge in [0.15, 0.2) is 5.65 Å². The molecule has 1 saturated heterocycles. The van der Waals surface area contributed by atoms with Crippen LogP contribution in [0.15, 0.2) is 42.6 Å². The summed E-state index contributed by atoms with van der Waals surface area (Å²) in [6.45, 7) is 1.49. The number of imidazole rings is 1. The lowest BCUT2D eigenvalue weighted by Gasteiger charge is -2.25. The molecule has 1 fully saturated rings. The molecule has 1 atom stereocenters. The standard InChI is InChI=1S/C17H17N3O2/c21-14-6-1-4-12(10-14)16-19-15-7-2-8-18-17(15)20(16)13-5-3-9-22-11-13/h1-2,4,6-8,10,13,21H,3,5,9,11H2. The minimum Gasteiger partial charge on any atom is -0.508 e. The average molecular weight is 295 g/mol. The summed E-state index contributed by atoms with van der Waals surface area (Å²) in [6.07, 6.45) is 3.88. The van der Waals surface area contributed by atoms with E-state index in [2.05, 4.69) is 9.55 Å². The Morgan fingerprint density at radius 1 is 1.23 bits per heavy atom. The Kier molecular flexibility index (Phi) is 3.27. The Morgan fingerprint density at radius 3 is 3.00 bits per heavy atom. The molecule has 5 nitrogen and oxygen atoms in total. The number of benzene rings is 1. The topological polar surface area (TPSA) is 60.2 Å². The number of phenolic OH excluding ortho intramolecular Hbond substituents is 1. The Bertz CT molecular complexity index is 807. The molecule has 1 aliphatic heterocycles. The van der Waals surface area contributed by atoms with Crippen molar-refractivity contribution in [2.24, 2.45) is 0 Å². The molecule has 0 aliphatic carbocycles. The summed E-state index contributed by atoms with van der Waals surface area (Å²) in [5, 5.41) is 9.77. The summed E-state index contributed by atoms with van der Waals surface area (Å²) in [6, 6.07) is 11.3. The summed E-state index contributed by atoms with van der Waals surface area (Å²) in [5.74, 6) is 1.07. The van der Waals surface area contributed by atoms with Gasteiger partial charge in [0, 0.05) is 18.4 Å². The molecule has 1 aromatic carbocycles. The average Bonchev–Trinajstić information content (AvgIpc) is 2.95. The molecule has 112 valence electrons. The number of nitrogens with zero attached hydrogens (tertiary/aromatic N) is 3. The zero-order chi connectivity index (χ0) is 14.9. The van der Waals surface area contributed by atoms with E-state index in [1.165, 1.54) is 0 Å². The molecule has 0 saturated carbocycles. The highest BCUT2D eigenvalue weighted by Crippen LogP contribution is 2.32. The number of aromatic hydroxyl groups is 1. The molecule has 3 heterocycles. The number of phenols is 1. The highest BCUT2D eigenvalue weighted by atomic mass is 16.5. The first-order valence-electron chi connectivity index (χ1n) is 7.53. The van der Waals surface area contributed by atoms with Crippen molar-refractivity contribution in [1.82, 2.24) is 14.5 Å². The van der Waals surface area contributed by atoms with Gasteiger partial charge in [0.25, 0.3) is 0 Å². The minimum absolute atomic E-state index is 0.228. The first-order chi connectivity index (χ1) is 10.8. The van der Waals surface area contributed by atoms with E-state index in [1.807, 2.05) is 24.3 Å². The molecular weight excluding hydrogens is 278 g/mol. The summed E-state index contributed by atoms with van der Waals surface area (Å²) in [7, 11) is 0. The zero-order valence-electron chi connectivity index (χ0n) is 12.1. The molecule has 0 amide bonds. The van der Waals surface area contributed by atoms with E-state index in [1.54, 1.807) is 18.3 Å². The molecule has 3 aromatic rings. The van der Waals surface area contributed by atoms with E-state index in [0.717, 1.165) is 42.0 Å². The number of hydrogen-bond acceptors (Lipinski definition) is 4.